The standard InChI is InChI=1S/C19H23N3O5/c1-21(2)14-6-4-13(5-7-14)19-20-11-16(27-19)12-26-18-9-8-15(25-3)10-17(18)22(23)24/h4-10,16,19-20H,11-12H2,1-3H3/t16-,19-/m1/s1. The van der Waals surface area contributed by atoms with Crippen LogP contribution in [-0.2, 0) is 4.74 Å². The van der Waals surface area contributed by atoms with Crippen LogP contribution >= 0.6 is 0 Å². The van der Waals surface area contributed by atoms with Crippen molar-refractivity contribution in [3.8, 4) is 11.5 Å². The van der Waals surface area contributed by atoms with E-state index in [9.17, 15) is 10.1 Å². The number of rotatable bonds is 7. The number of nitro benzene ring substituents is 1. The van der Waals surface area contributed by atoms with Crippen LogP contribution in [0.1, 0.15) is 11.8 Å². The van der Waals surface area contributed by atoms with Gasteiger partial charge in [0, 0.05) is 26.3 Å². The van der Waals surface area contributed by atoms with Crippen molar-refractivity contribution in [2.45, 2.75) is 12.3 Å². The highest BCUT2D eigenvalue weighted by Crippen LogP contribution is 2.32. The van der Waals surface area contributed by atoms with Gasteiger partial charge in [0.15, 0.2) is 5.75 Å². The Hall–Kier alpha value is -2.84. The first kappa shape index (κ1) is 18.9. The van der Waals surface area contributed by atoms with Crippen LogP contribution in [0.2, 0.25) is 0 Å². The normalized spacial score (nSPS) is 18.9. The lowest BCUT2D eigenvalue weighted by Gasteiger charge is -2.16. The molecule has 1 N–H and O–H groups in total. The Morgan fingerprint density at radius 3 is 2.63 bits per heavy atom. The molecule has 0 amide bonds. The van der Waals surface area contributed by atoms with E-state index >= 15 is 0 Å². The summed E-state index contributed by atoms with van der Waals surface area (Å²) >= 11 is 0. The molecule has 1 aliphatic rings. The summed E-state index contributed by atoms with van der Waals surface area (Å²) in [5.41, 5.74) is 2.01. The molecular formula is C19H23N3O5. The summed E-state index contributed by atoms with van der Waals surface area (Å²) in [6, 6.07) is 12.6. The topological polar surface area (TPSA) is 86.1 Å². The molecule has 0 unspecified atom stereocenters. The van der Waals surface area contributed by atoms with E-state index in [0.717, 1.165) is 11.3 Å². The molecule has 0 aliphatic carbocycles. The first-order valence-corrected chi connectivity index (χ1v) is 8.59. The minimum atomic E-state index is -0.485. The zero-order valence-electron chi connectivity index (χ0n) is 15.5. The molecule has 1 aliphatic heterocycles. The maximum atomic E-state index is 11.2. The van der Waals surface area contributed by atoms with E-state index in [-0.39, 0.29) is 30.4 Å². The predicted octanol–water partition coefficient (Wildman–Crippen LogP) is 2.74. The SMILES string of the molecule is COc1ccc(OC[C@H]2CN[C@@H](c3ccc(N(C)C)cc3)O2)c([N+](=O)[O-])c1. The van der Waals surface area contributed by atoms with Gasteiger partial charge in [-0.05, 0) is 29.8 Å². The molecular weight excluding hydrogens is 350 g/mol. The van der Waals surface area contributed by atoms with Gasteiger partial charge < -0.3 is 19.1 Å². The fourth-order valence-corrected chi connectivity index (χ4v) is 2.84. The fourth-order valence-electron chi connectivity index (χ4n) is 2.84. The summed E-state index contributed by atoms with van der Waals surface area (Å²) in [5.74, 6) is 0.609. The Balaban J connectivity index is 1.60. The van der Waals surface area contributed by atoms with E-state index in [2.05, 4.69) is 5.32 Å². The highest BCUT2D eigenvalue weighted by molar-refractivity contribution is 5.51. The van der Waals surface area contributed by atoms with Crippen LogP contribution in [0.4, 0.5) is 11.4 Å². The van der Waals surface area contributed by atoms with Crippen LogP contribution in [0, 0.1) is 10.1 Å². The zero-order valence-corrected chi connectivity index (χ0v) is 15.5. The quantitative estimate of drug-likeness (QED) is 0.590. The first-order chi connectivity index (χ1) is 13.0. The molecule has 8 nitrogen and oxygen atoms in total. The second-order valence-electron chi connectivity index (χ2n) is 6.43. The van der Waals surface area contributed by atoms with Crippen molar-refractivity contribution < 1.29 is 19.1 Å². The van der Waals surface area contributed by atoms with Crippen molar-refractivity contribution >= 4 is 11.4 Å². The molecule has 2 aromatic rings. The van der Waals surface area contributed by atoms with Crippen LogP contribution in [0.3, 0.4) is 0 Å². The lowest BCUT2D eigenvalue weighted by atomic mass is 10.2. The highest BCUT2D eigenvalue weighted by atomic mass is 16.6. The number of anilines is 1. The maximum absolute atomic E-state index is 11.2. The minimum Gasteiger partial charge on any atom is -0.496 e. The van der Waals surface area contributed by atoms with Crippen molar-refractivity contribution in [3.05, 3.63) is 58.1 Å². The number of hydrogen-bond donors (Lipinski definition) is 1. The second-order valence-corrected chi connectivity index (χ2v) is 6.43. The molecule has 0 radical (unpaired) electrons. The molecule has 3 rings (SSSR count). The molecule has 144 valence electrons. The van der Waals surface area contributed by atoms with Crippen LogP contribution in [0.25, 0.3) is 0 Å². The van der Waals surface area contributed by atoms with Gasteiger partial charge in [-0.25, -0.2) is 0 Å². The summed E-state index contributed by atoms with van der Waals surface area (Å²) in [4.78, 5) is 12.8. The number of hydrogen-bond acceptors (Lipinski definition) is 7. The van der Waals surface area contributed by atoms with Crippen molar-refractivity contribution in [3.63, 3.8) is 0 Å². The number of nitrogens with one attached hydrogen (secondary N) is 1. The first-order valence-electron chi connectivity index (χ1n) is 8.59. The third-order valence-corrected chi connectivity index (χ3v) is 4.36. The van der Waals surface area contributed by atoms with E-state index in [4.69, 9.17) is 14.2 Å². The predicted molar refractivity (Wildman–Crippen MR) is 102 cm³/mol. The molecule has 1 fully saturated rings. The van der Waals surface area contributed by atoms with Crippen LogP contribution < -0.4 is 19.7 Å². The minimum absolute atomic E-state index is 0.129. The van der Waals surface area contributed by atoms with E-state index in [1.807, 2.05) is 43.3 Å². The summed E-state index contributed by atoms with van der Waals surface area (Å²) in [5, 5.41) is 14.5. The van der Waals surface area contributed by atoms with Crippen molar-refractivity contribution in [2.75, 3.05) is 39.3 Å². The summed E-state index contributed by atoms with van der Waals surface area (Å²) in [6.45, 7) is 0.816. The molecule has 0 bridgehead atoms. The number of nitro groups is 1. The summed E-state index contributed by atoms with van der Waals surface area (Å²) < 4.78 is 16.6. The molecule has 1 heterocycles. The largest absolute Gasteiger partial charge is 0.496 e. The van der Waals surface area contributed by atoms with Gasteiger partial charge in [-0.1, -0.05) is 12.1 Å². The third kappa shape index (κ3) is 4.47. The number of benzene rings is 2. The molecule has 2 aromatic carbocycles. The second kappa shape index (κ2) is 8.24. The molecule has 1 saturated heterocycles. The maximum Gasteiger partial charge on any atom is 0.314 e. The van der Waals surface area contributed by atoms with Crippen molar-refractivity contribution in [1.82, 2.24) is 5.32 Å². The van der Waals surface area contributed by atoms with Crippen LogP contribution in [0.5, 0.6) is 11.5 Å². The molecule has 0 spiro atoms. The highest BCUT2D eigenvalue weighted by Gasteiger charge is 2.27. The lowest BCUT2D eigenvalue weighted by Crippen LogP contribution is -2.22. The Morgan fingerprint density at radius 1 is 1.26 bits per heavy atom. The molecule has 8 heteroatoms. The molecule has 0 saturated carbocycles. The average Bonchev–Trinajstić information content (AvgIpc) is 3.15. The number of nitrogens with zero attached hydrogens (tertiary/aromatic N) is 2. The summed E-state index contributed by atoms with van der Waals surface area (Å²) in [6.07, 6.45) is -0.425. The Morgan fingerprint density at radius 2 is 2.00 bits per heavy atom. The number of ether oxygens (including phenoxy) is 3. The van der Waals surface area contributed by atoms with E-state index in [1.165, 1.54) is 19.2 Å². The Kier molecular flexibility index (Phi) is 5.78. The van der Waals surface area contributed by atoms with Gasteiger partial charge in [0.1, 0.15) is 24.7 Å². The van der Waals surface area contributed by atoms with E-state index in [1.54, 1.807) is 6.07 Å². The zero-order chi connectivity index (χ0) is 19.4. The average molecular weight is 373 g/mol. The van der Waals surface area contributed by atoms with Crippen LogP contribution in [0.15, 0.2) is 42.5 Å². The number of methoxy groups -OCH3 is 1. The lowest BCUT2D eigenvalue weighted by molar-refractivity contribution is -0.386. The fraction of sp³-hybridized carbons (Fsp3) is 0.368. The van der Waals surface area contributed by atoms with Gasteiger partial charge >= 0.3 is 5.69 Å². The monoisotopic (exact) mass is 373 g/mol. The van der Waals surface area contributed by atoms with Gasteiger partial charge in [0.2, 0.25) is 0 Å². The third-order valence-electron chi connectivity index (χ3n) is 4.36. The molecule has 27 heavy (non-hydrogen) atoms. The van der Waals surface area contributed by atoms with Gasteiger partial charge in [0.05, 0.1) is 18.1 Å². The Bertz CT molecular complexity index is 794. The van der Waals surface area contributed by atoms with Gasteiger partial charge in [-0.2, -0.15) is 0 Å². The van der Waals surface area contributed by atoms with E-state index < -0.39 is 4.92 Å². The summed E-state index contributed by atoms with van der Waals surface area (Å²) in [7, 11) is 5.44. The van der Waals surface area contributed by atoms with E-state index in [0.29, 0.717) is 12.3 Å². The smallest absolute Gasteiger partial charge is 0.314 e. The van der Waals surface area contributed by atoms with Gasteiger partial charge in [-0.15, -0.1) is 0 Å². The van der Waals surface area contributed by atoms with Crippen molar-refractivity contribution in [2.24, 2.45) is 0 Å². The van der Waals surface area contributed by atoms with Crippen LogP contribution in [-0.4, -0.2) is 45.4 Å². The molecule has 0 aromatic heterocycles. The Labute approximate surface area is 157 Å². The van der Waals surface area contributed by atoms with Gasteiger partial charge in [0.25, 0.3) is 0 Å². The van der Waals surface area contributed by atoms with Gasteiger partial charge in [-0.3, -0.25) is 15.4 Å². The molecule has 2 atom stereocenters. The van der Waals surface area contributed by atoms with Crippen molar-refractivity contribution in [1.29, 1.82) is 0 Å².